The Balaban J connectivity index is 1.72. The minimum absolute atomic E-state index is 0.0748. The number of para-hydroxylation sites is 2. The van der Waals surface area contributed by atoms with Gasteiger partial charge in [-0.1, -0.05) is 47.5 Å². The van der Waals surface area contributed by atoms with Crippen LogP contribution in [0.25, 0.3) is 0 Å². The van der Waals surface area contributed by atoms with E-state index in [0.29, 0.717) is 28.0 Å². The molecular formula is C23H28Cl2N2O5. The molecule has 174 valence electrons. The van der Waals surface area contributed by atoms with E-state index < -0.39 is 11.7 Å². The van der Waals surface area contributed by atoms with Gasteiger partial charge in [-0.05, 0) is 44.5 Å². The van der Waals surface area contributed by atoms with Gasteiger partial charge in [0.2, 0.25) is 0 Å². The number of amides is 1. The van der Waals surface area contributed by atoms with Crippen molar-refractivity contribution < 1.29 is 23.8 Å². The van der Waals surface area contributed by atoms with Crippen molar-refractivity contribution in [2.75, 3.05) is 31.7 Å². The third-order valence-electron chi connectivity index (χ3n) is 3.98. The highest BCUT2D eigenvalue weighted by molar-refractivity contribution is 6.39. The molecule has 2 N–H and O–H groups in total. The molecule has 0 aliphatic carbocycles. The molecule has 9 heteroatoms. The molecule has 0 aliphatic rings. The van der Waals surface area contributed by atoms with Crippen molar-refractivity contribution in [2.45, 2.75) is 32.8 Å². The summed E-state index contributed by atoms with van der Waals surface area (Å²) in [6.07, 6.45) is -0.427. The van der Waals surface area contributed by atoms with Crippen LogP contribution < -0.4 is 10.6 Å². The lowest BCUT2D eigenvalue weighted by atomic mass is 10.1. The summed E-state index contributed by atoms with van der Waals surface area (Å²) in [6, 6.07) is 12.6. The number of halogens is 2. The maximum absolute atomic E-state index is 12.2. The lowest BCUT2D eigenvalue weighted by molar-refractivity contribution is -0.144. The second kappa shape index (κ2) is 12.5. The van der Waals surface area contributed by atoms with Gasteiger partial charge in [0.15, 0.2) is 0 Å². The van der Waals surface area contributed by atoms with E-state index in [1.54, 1.807) is 39.0 Å². The lowest BCUT2D eigenvalue weighted by Gasteiger charge is -2.19. The average molecular weight is 483 g/mol. The molecule has 2 rings (SSSR count). The van der Waals surface area contributed by atoms with Gasteiger partial charge in [0.25, 0.3) is 0 Å². The number of benzene rings is 2. The number of esters is 1. The molecule has 0 aromatic heterocycles. The van der Waals surface area contributed by atoms with E-state index in [2.05, 4.69) is 10.6 Å². The highest BCUT2D eigenvalue weighted by Gasteiger charge is 2.15. The van der Waals surface area contributed by atoms with Gasteiger partial charge in [-0.3, -0.25) is 4.79 Å². The number of anilines is 2. The van der Waals surface area contributed by atoms with Crippen molar-refractivity contribution in [3.05, 3.63) is 58.1 Å². The van der Waals surface area contributed by atoms with Crippen LogP contribution in [0.2, 0.25) is 10.0 Å². The van der Waals surface area contributed by atoms with E-state index in [-0.39, 0.29) is 32.2 Å². The molecule has 2 aromatic carbocycles. The number of hydrogen-bond donors (Lipinski definition) is 2. The van der Waals surface area contributed by atoms with Crippen LogP contribution in [0.4, 0.5) is 16.2 Å². The number of hydrogen-bond acceptors (Lipinski definition) is 6. The molecule has 1 amide bonds. The van der Waals surface area contributed by atoms with Gasteiger partial charge in [-0.2, -0.15) is 0 Å². The van der Waals surface area contributed by atoms with Crippen molar-refractivity contribution in [1.29, 1.82) is 0 Å². The SMILES string of the molecule is CC(C)(C)OC(=O)NCCOCCOC(=O)Cc1ccccc1Nc1c(Cl)cccc1Cl. The van der Waals surface area contributed by atoms with E-state index in [9.17, 15) is 9.59 Å². The Morgan fingerprint density at radius 2 is 1.62 bits per heavy atom. The van der Waals surface area contributed by atoms with E-state index >= 15 is 0 Å². The second-order valence-corrected chi connectivity index (χ2v) is 8.63. The second-order valence-electron chi connectivity index (χ2n) is 7.82. The summed E-state index contributed by atoms with van der Waals surface area (Å²) in [6.45, 7) is 6.27. The first-order chi connectivity index (χ1) is 15.2. The van der Waals surface area contributed by atoms with E-state index in [1.165, 1.54) is 0 Å². The third-order valence-corrected chi connectivity index (χ3v) is 4.61. The van der Waals surface area contributed by atoms with Crippen LogP contribution in [0.5, 0.6) is 0 Å². The van der Waals surface area contributed by atoms with Crippen molar-refractivity contribution in [2.24, 2.45) is 0 Å². The first kappa shape index (κ1) is 25.8. The van der Waals surface area contributed by atoms with E-state index in [4.69, 9.17) is 37.4 Å². The average Bonchev–Trinajstić information content (AvgIpc) is 2.70. The molecule has 0 bridgehead atoms. The van der Waals surface area contributed by atoms with Crippen LogP contribution in [-0.2, 0) is 25.4 Å². The molecule has 7 nitrogen and oxygen atoms in total. The molecule has 2 aromatic rings. The third kappa shape index (κ3) is 9.34. The molecule has 0 fully saturated rings. The molecule has 0 unspecified atom stereocenters. The van der Waals surface area contributed by atoms with Crippen molar-refractivity contribution in [3.63, 3.8) is 0 Å². The molecule has 0 aliphatic heterocycles. The van der Waals surface area contributed by atoms with Gasteiger partial charge < -0.3 is 24.8 Å². The number of alkyl carbamates (subject to hydrolysis) is 1. The molecule has 0 spiro atoms. The topological polar surface area (TPSA) is 85.9 Å². The zero-order valence-electron chi connectivity index (χ0n) is 18.4. The maximum atomic E-state index is 12.2. The standard InChI is InChI=1S/C23H28Cl2N2O5/c1-23(2,3)32-22(29)26-11-12-30-13-14-31-20(28)15-16-7-4-5-10-19(16)27-21-17(24)8-6-9-18(21)25/h4-10,27H,11-15H2,1-3H3,(H,26,29). The van der Waals surface area contributed by atoms with Gasteiger partial charge >= 0.3 is 12.1 Å². The summed E-state index contributed by atoms with van der Waals surface area (Å²) in [5.41, 5.74) is 1.48. The smallest absolute Gasteiger partial charge is 0.407 e. The fourth-order valence-corrected chi connectivity index (χ4v) is 3.10. The Labute approximate surface area is 198 Å². The fraction of sp³-hybridized carbons (Fsp3) is 0.391. The zero-order chi connectivity index (χ0) is 23.6. The molecule has 32 heavy (non-hydrogen) atoms. The van der Waals surface area contributed by atoms with Crippen molar-refractivity contribution in [1.82, 2.24) is 5.32 Å². The lowest BCUT2D eigenvalue weighted by Crippen LogP contribution is -2.34. The van der Waals surface area contributed by atoms with Crippen molar-refractivity contribution >= 4 is 46.6 Å². The summed E-state index contributed by atoms with van der Waals surface area (Å²) in [5, 5.41) is 6.73. The Morgan fingerprint density at radius 3 is 2.31 bits per heavy atom. The summed E-state index contributed by atoms with van der Waals surface area (Å²) < 4.78 is 15.7. The van der Waals surface area contributed by atoms with Crippen molar-refractivity contribution in [3.8, 4) is 0 Å². The number of nitrogens with one attached hydrogen (secondary N) is 2. The Kier molecular flexibility index (Phi) is 10.1. The fourth-order valence-electron chi connectivity index (χ4n) is 2.61. The number of rotatable bonds is 10. The highest BCUT2D eigenvalue weighted by atomic mass is 35.5. The van der Waals surface area contributed by atoms with Crippen LogP contribution in [0, 0.1) is 0 Å². The van der Waals surface area contributed by atoms with E-state index in [0.717, 1.165) is 5.56 Å². The summed E-state index contributed by atoms with van der Waals surface area (Å²) in [4.78, 5) is 23.7. The van der Waals surface area contributed by atoms with Gasteiger partial charge in [-0.25, -0.2) is 4.79 Å². The molecule has 0 saturated carbocycles. The maximum Gasteiger partial charge on any atom is 0.407 e. The quantitative estimate of drug-likeness (QED) is 0.350. The van der Waals surface area contributed by atoms with Gasteiger partial charge in [0.05, 0.1) is 35.4 Å². The van der Waals surface area contributed by atoms with Crippen LogP contribution in [0.15, 0.2) is 42.5 Å². The van der Waals surface area contributed by atoms with Crippen LogP contribution in [0.3, 0.4) is 0 Å². The van der Waals surface area contributed by atoms with Gasteiger partial charge in [-0.15, -0.1) is 0 Å². The number of ether oxygens (including phenoxy) is 3. The first-order valence-corrected chi connectivity index (χ1v) is 10.9. The Bertz CT molecular complexity index is 895. The predicted molar refractivity (Wildman–Crippen MR) is 126 cm³/mol. The van der Waals surface area contributed by atoms with E-state index in [1.807, 2.05) is 24.3 Å². The number of carbonyl (C=O) groups excluding carboxylic acids is 2. The Morgan fingerprint density at radius 1 is 0.938 bits per heavy atom. The summed E-state index contributed by atoms with van der Waals surface area (Å²) in [7, 11) is 0. The summed E-state index contributed by atoms with van der Waals surface area (Å²) in [5.74, 6) is -0.389. The summed E-state index contributed by atoms with van der Waals surface area (Å²) >= 11 is 12.4. The molecule has 0 saturated heterocycles. The number of carbonyl (C=O) groups is 2. The zero-order valence-corrected chi connectivity index (χ0v) is 19.9. The molecule has 0 heterocycles. The molecular weight excluding hydrogens is 455 g/mol. The monoisotopic (exact) mass is 482 g/mol. The van der Waals surface area contributed by atoms with Crippen LogP contribution in [-0.4, -0.2) is 44.0 Å². The Hall–Kier alpha value is -2.48. The normalized spacial score (nSPS) is 11.0. The van der Waals surface area contributed by atoms with Crippen LogP contribution in [0.1, 0.15) is 26.3 Å². The largest absolute Gasteiger partial charge is 0.463 e. The highest BCUT2D eigenvalue weighted by Crippen LogP contribution is 2.33. The first-order valence-electron chi connectivity index (χ1n) is 10.1. The van der Waals surface area contributed by atoms with Gasteiger partial charge in [0.1, 0.15) is 12.2 Å². The van der Waals surface area contributed by atoms with Crippen LogP contribution >= 0.6 is 23.2 Å². The minimum Gasteiger partial charge on any atom is -0.463 e. The minimum atomic E-state index is -0.549. The predicted octanol–water partition coefficient (Wildman–Crippen LogP) is 5.36. The van der Waals surface area contributed by atoms with Gasteiger partial charge in [0, 0.05) is 12.2 Å². The molecule has 0 atom stereocenters. The molecule has 0 radical (unpaired) electrons.